The molecule has 0 saturated carbocycles. The van der Waals surface area contributed by atoms with Gasteiger partial charge in [0, 0.05) is 6.42 Å². The fourth-order valence-corrected chi connectivity index (χ4v) is 4.23. The highest BCUT2D eigenvalue weighted by molar-refractivity contribution is 8.04. The molecule has 0 spiro atoms. The summed E-state index contributed by atoms with van der Waals surface area (Å²) in [5.74, 6) is -3.40. The number of Topliss-reactive ketones (excluding diaryl/α,β-unsaturated/α-hetero) is 1. The van der Waals surface area contributed by atoms with Gasteiger partial charge in [-0.25, -0.2) is 0 Å². The van der Waals surface area contributed by atoms with Crippen molar-refractivity contribution in [1.82, 2.24) is 0 Å². The van der Waals surface area contributed by atoms with Gasteiger partial charge in [-0.05, 0) is 25.0 Å². The molecule has 21 heavy (non-hydrogen) atoms. The van der Waals surface area contributed by atoms with Crippen LogP contribution in [0.3, 0.4) is 0 Å². The van der Waals surface area contributed by atoms with Crippen LogP contribution in [0, 0.1) is 5.92 Å². The molecule has 10 heteroatoms. The predicted octanol–water partition coefficient (Wildman–Crippen LogP) is 0.385. The molecule has 0 fully saturated rings. The van der Waals surface area contributed by atoms with Crippen molar-refractivity contribution in [2.45, 2.75) is 24.3 Å². The molecule has 0 amide bonds. The average Bonchev–Trinajstić information content (AvgIpc) is 2.29. The Labute approximate surface area is 123 Å². The van der Waals surface area contributed by atoms with Gasteiger partial charge in [-0.15, -0.1) is 0 Å². The fourth-order valence-electron chi connectivity index (χ4n) is 1.63. The summed E-state index contributed by atoms with van der Waals surface area (Å²) in [6.07, 6.45) is -0.235. The molecule has 0 radical (unpaired) electrons. The lowest BCUT2D eigenvalue weighted by Crippen LogP contribution is -2.40. The van der Waals surface area contributed by atoms with Crippen LogP contribution in [0.5, 0.6) is 0 Å². The maximum Gasteiger partial charge on any atom is 0.285 e. The number of rotatable bonds is 9. The van der Waals surface area contributed by atoms with E-state index < -0.39 is 48.7 Å². The molecular weight excluding hydrogens is 324 g/mol. The molecule has 0 rings (SSSR count). The van der Waals surface area contributed by atoms with Crippen molar-refractivity contribution in [3.05, 3.63) is 24.8 Å². The standard InChI is InChI=1S/C11H16O8S2/c1-4-9(12)8(5-6-10(13)7(2)3)11(20(14,15)16)21(17,18)19/h4,8,11H,1-2,5-6H2,3H3,(H,14,15,16)(H,17,18,19). The normalized spacial score (nSPS) is 13.7. The van der Waals surface area contributed by atoms with Crippen LogP contribution in [-0.4, -0.2) is 42.1 Å². The Bertz CT molecular complexity index is 624. The monoisotopic (exact) mass is 340 g/mol. The van der Waals surface area contributed by atoms with Crippen LogP contribution in [0.1, 0.15) is 19.8 Å². The van der Waals surface area contributed by atoms with Gasteiger partial charge in [0.2, 0.25) is 4.58 Å². The first-order chi connectivity index (χ1) is 9.32. The van der Waals surface area contributed by atoms with Gasteiger partial charge in [0.25, 0.3) is 20.2 Å². The van der Waals surface area contributed by atoms with Gasteiger partial charge >= 0.3 is 0 Å². The van der Waals surface area contributed by atoms with Crippen LogP contribution in [0.15, 0.2) is 24.8 Å². The Hall–Kier alpha value is -1.36. The lowest BCUT2D eigenvalue weighted by atomic mass is 9.97. The first-order valence-corrected chi connectivity index (χ1v) is 8.60. The second-order valence-electron chi connectivity index (χ2n) is 4.35. The molecule has 8 nitrogen and oxygen atoms in total. The molecular formula is C11H16O8S2. The van der Waals surface area contributed by atoms with Crippen LogP contribution in [0.4, 0.5) is 0 Å². The third-order valence-electron chi connectivity index (χ3n) is 2.64. The van der Waals surface area contributed by atoms with Crippen molar-refractivity contribution in [3.63, 3.8) is 0 Å². The minimum absolute atomic E-state index is 0.134. The highest BCUT2D eigenvalue weighted by atomic mass is 32.3. The number of carbonyl (C=O) groups excluding carboxylic acids is 2. The molecule has 1 atom stereocenters. The van der Waals surface area contributed by atoms with Crippen LogP contribution in [0.25, 0.3) is 0 Å². The van der Waals surface area contributed by atoms with E-state index in [4.69, 9.17) is 9.11 Å². The highest BCUT2D eigenvalue weighted by Crippen LogP contribution is 2.24. The van der Waals surface area contributed by atoms with Gasteiger partial charge in [0.05, 0.1) is 5.92 Å². The molecule has 0 aromatic carbocycles. The quantitative estimate of drug-likeness (QED) is 0.453. The fraction of sp³-hybridized carbons (Fsp3) is 0.455. The van der Waals surface area contributed by atoms with E-state index >= 15 is 0 Å². The highest BCUT2D eigenvalue weighted by Gasteiger charge is 2.45. The molecule has 0 aliphatic rings. The van der Waals surface area contributed by atoms with Crippen LogP contribution in [-0.2, 0) is 29.8 Å². The van der Waals surface area contributed by atoms with Crippen LogP contribution < -0.4 is 0 Å². The predicted molar refractivity (Wildman–Crippen MR) is 74.6 cm³/mol. The van der Waals surface area contributed by atoms with Crippen molar-refractivity contribution in [2.75, 3.05) is 0 Å². The minimum atomic E-state index is -5.29. The van der Waals surface area contributed by atoms with Crippen molar-refractivity contribution in [2.24, 2.45) is 5.92 Å². The van der Waals surface area contributed by atoms with E-state index in [-0.39, 0.29) is 12.0 Å². The number of hydrogen-bond acceptors (Lipinski definition) is 6. The molecule has 2 N–H and O–H groups in total. The topological polar surface area (TPSA) is 143 Å². The molecule has 1 unspecified atom stereocenters. The summed E-state index contributed by atoms with van der Waals surface area (Å²) >= 11 is 0. The Balaban J connectivity index is 5.69. The molecule has 120 valence electrons. The van der Waals surface area contributed by atoms with E-state index in [9.17, 15) is 26.4 Å². The summed E-state index contributed by atoms with van der Waals surface area (Å²) in [4.78, 5) is 23.0. The Morgan fingerprint density at radius 1 is 1.14 bits per heavy atom. The third kappa shape index (κ3) is 5.87. The van der Waals surface area contributed by atoms with Gasteiger partial charge in [-0.3, -0.25) is 18.7 Å². The SMILES string of the molecule is C=CC(=O)C(CCC(=O)C(=C)C)C(S(=O)(=O)O)S(=O)(=O)O. The van der Waals surface area contributed by atoms with Gasteiger partial charge in [0.1, 0.15) is 0 Å². The van der Waals surface area contributed by atoms with Gasteiger partial charge in [-0.1, -0.05) is 13.2 Å². The molecule has 0 aromatic rings. The minimum Gasteiger partial charge on any atom is -0.295 e. The summed E-state index contributed by atoms with van der Waals surface area (Å²) < 4.78 is 59.7. The van der Waals surface area contributed by atoms with Crippen molar-refractivity contribution in [3.8, 4) is 0 Å². The zero-order valence-corrected chi connectivity index (χ0v) is 12.9. The number of hydrogen-bond donors (Lipinski definition) is 2. The first-order valence-electron chi connectivity index (χ1n) is 5.60. The lowest BCUT2D eigenvalue weighted by Gasteiger charge is -2.20. The molecule has 0 aliphatic carbocycles. The van der Waals surface area contributed by atoms with Crippen LogP contribution >= 0.6 is 0 Å². The van der Waals surface area contributed by atoms with Gasteiger partial charge in [0.15, 0.2) is 11.6 Å². The summed E-state index contributed by atoms with van der Waals surface area (Å²) in [6.45, 7) is 7.82. The Kier molecular flexibility index (Phi) is 6.61. The number of carbonyl (C=O) groups is 2. The third-order valence-corrected chi connectivity index (χ3v) is 5.93. The molecule has 0 aliphatic heterocycles. The molecule has 0 aromatic heterocycles. The smallest absolute Gasteiger partial charge is 0.285 e. The largest absolute Gasteiger partial charge is 0.295 e. The second-order valence-corrected chi connectivity index (χ2v) is 7.73. The summed E-state index contributed by atoms with van der Waals surface area (Å²) in [5, 5.41) is 0. The maximum atomic E-state index is 11.6. The van der Waals surface area contributed by atoms with Gasteiger partial charge in [-0.2, -0.15) is 16.8 Å². The van der Waals surface area contributed by atoms with E-state index in [1.165, 1.54) is 6.92 Å². The number of ketones is 2. The first kappa shape index (κ1) is 19.6. The van der Waals surface area contributed by atoms with E-state index in [0.717, 1.165) is 0 Å². The summed E-state index contributed by atoms with van der Waals surface area (Å²) in [6, 6.07) is 0. The Morgan fingerprint density at radius 3 is 1.86 bits per heavy atom. The van der Waals surface area contributed by atoms with Crippen molar-refractivity contribution in [1.29, 1.82) is 0 Å². The zero-order valence-electron chi connectivity index (χ0n) is 11.2. The molecule has 0 bridgehead atoms. The number of allylic oxidation sites excluding steroid dienone is 2. The maximum absolute atomic E-state index is 11.6. The van der Waals surface area contributed by atoms with E-state index in [1.54, 1.807) is 0 Å². The average molecular weight is 340 g/mol. The van der Waals surface area contributed by atoms with Gasteiger partial charge < -0.3 is 0 Å². The molecule has 0 saturated heterocycles. The zero-order chi connectivity index (χ0) is 17.0. The summed E-state index contributed by atoms with van der Waals surface area (Å²) in [5.41, 5.74) is 0.134. The van der Waals surface area contributed by atoms with E-state index in [1.807, 2.05) is 0 Å². The summed E-state index contributed by atoms with van der Waals surface area (Å²) in [7, 11) is -10.6. The molecule has 0 heterocycles. The lowest BCUT2D eigenvalue weighted by molar-refractivity contribution is -0.119. The second kappa shape index (κ2) is 7.07. The van der Waals surface area contributed by atoms with Crippen molar-refractivity contribution >= 4 is 31.8 Å². The van der Waals surface area contributed by atoms with E-state index in [0.29, 0.717) is 6.08 Å². The Morgan fingerprint density at radius 2 is 1.57 bits per heavy atom. The van der Waals surface area contributed by atoms with Crippen molar-refractivity contribution < 1.29 is 35.5 Å². The van der Waals surface area contributed by atoms with E-state index in [2.05, 4.69) is 13.2 Å². The van der Waals surface area contributed by atoms with Crippen LogP contribution in [0.2, 0.25) is 0 Å².